The lowest BCUT2D eigenvalue weighted by molar-refractivity contribution is -0.134. The van der Waals surface area contributed by atoms with E-state index in [4.69, 9.17) is 4.74 Å². The fraction of sp³-hybridized carbons (Fsp3) is 0.538. The molecule has 2 aliphatic heterocycles. The fourth-order valence-electron chi connectivity index (χ4n) is 3.97. The molecule has 12 heteroatoms. The third-order valence-electron chi connectivity index (χ3n) is 6.13. The molecule has 3 atom stereocenters. The molecule has 3 heterocycles. The van der Waals surface area contributed by atoms with Gasteiger partial charge in [0.05, 0.1) is 25.7 Å². The van der Waals surface area contributed by atoms with Crippen LogP contribution in [0.1, 0.15) is 51.8 Å². The highest BCUT2D eigenvalue weighted by molar-refractivity contribution is 5.94. The van der Waals surface area contributed by atoms with Crippen LogP contribution in [0.25, 0.3) is 0 Å². The minimum Gasteiger partial charge on any atom is -0.492 e. The molecule has 4 N–H and O–H groups in total. The number of carbonyl (C=O) groups is 4. The van der Waals surface area contributed by atoms with Crippen molar-refractivity contribution in [1.29, 1.82) is 0 Å². The number of aromatic nitrogens is 3. The Morgan fingerprint density at radius 3 is 2.45 bits per heavy atom. The zero-order chi connectivity index (χ0) is 27.7. The van der Waals surface area contributed by atoms with Crippen LogP contribution in [0.15, 0.2) is 30.5 Å². The van der Waals surface area contributed by atoms with Crippen molar-refractivity contribution in [2.24, 2.45) is 5.92 Å². The Morgan fingerprint density at radius 1 is 1.03 bits per heavy atom. The number of benzene rings is 1. The van der Waals surface area contributed by atoms with Crippen LogP contribution in [0.4, 0.5) is 0 Å². The molecule has 0 saturated heterocycles. The first kappa shape index (κ1) is 28.6. The Hall–Kier alpha value is -3.96. The maximum Gasteiger partial charge on any atom is 0.243 e. The topological polar surface area (TPSA) is 156 Å². The van der Waals surface area contributed by atoms with Gasteiger partial charge in [-0.1, -0.05) is 44.5 Å². The van der Waals surface area contributed by atoms with Crippen LogP contribution >= 0.6 is 0 Å². The Morgan fingerprint density at radius 2 is 1.76 bits per heavy atom. The second-order valence-corrected chi connectivity index (χ2v) is 9.73. The Balaban J connectivity index is 1.80. The summed E-state index contributed by atoms with van der Waals surface area (Å²) in [4.78, 5) is 51.4. The minimum absolute atomic E-state index is 0.0935. The standard InChI is InChI=1S/C26H37N7O5/c1-5-6-21-25(36)30-23(16(2)3)26(37)28-17(4)24(35)27-14-19-15-33(32-31-19)11-12-38-20-9-7-18(8-10-20)13-22(34)29-21/h7-10,15-17,21,23H,5-6,11-14H2,1-4H3,(H,27,35)(H,28,37)(H,29,34)(H,30,36)/t17-,21+,23+/m1/s1. The van der Waals surface area contributed by atoms with Crippen molar-refractivity contribution < 1.29 is 23.9 Å². The van der Waals surface area contributed by atoms with Crippen LogP contribution in [0.2, 0.25) is 0 Å². The molecule has 4 amide bonds. The molecule has 206 valence electrons. The zero-order valence-electron chi connectivity index (χ0n) is 22.3. The SMILES string of the molecule is CCC[C@@H]1NC(=O)Cc2ccc(cc2)OCCn2cc(nn2)CNC(=O)[C@@H](C)NC(=O)[C@H](C(C)C)NC1=O. The number of nitrogens with zero attached hydrogens (tertiary/aromatic N) is 3. The van der Waals surface area contributed by atoms with Crippen molar-refractivity contribution in [1.82, 2.24) is 36.3 Å². The smallest absolute Gasteiger partial charge is 0.243 e. The van der Waals surface area contributed by atoms with E-state index in [9.17, 15) is 19.2 Å². The predicted octanol–water partition coefficient (Wildman–Crippen LogP) is 0.460. The van der Waals surface area contributed by atoms with Gasteiger partial charge in [-0.15, -0.1) is 5.10 Å². The predicted molar refractivity (Wildman–Crippen MR) is 139 cm³/mol. The van der Waals surface area contributed by atoms with Gasteiger partial charge in [-0.25, -0.2) is 4.68 Å². The van der Waals surface area contributed by atoms with Crippen molar-refractivity contribution in [3.05, 3.63) is 41.7 Å². The highest BCUT2D eigenvalue weighted by Crippen LogP contribution is 2.13. The quantitative estimate of drug-likeness (QED) is 0.423. The Bertz CT molecular complexity index is 1120. The van der Waals surface area contributed by atoms with Crippen molar-refractivity contribution in [2.45, 2.75) is 78.2 Å². The number of amides is 4. The summed E-state index contributed by atoms with van der Waals surface area (Å²) >= 11 is 0. The van der Waals surface area contributed by atoms with Crippen molar-refractivity contribution in [3.63, 3.8) is 0 Å². The van der Waals surface area contributed by atoms with E-state index in [1.54, 1.807) is 55.9 Å². The summed E-state index contributed by atoms with van der Waals surface area (Å²) in [5.74, 6) is -1.24. The van der Waals surface area contributed by atoms with Crippen LogP contribution in [-0.2, 0) is 38.7 Å². The van der Waals surface area contributed by atoms with Gasteiger partial charge in [0.25, 0.3) is 0 Å². The van der Waals surface area contributed by atoms with Crippen LogP contribution in [0, 0.1) is 5.92 Å². The van der Waals surface area contributed by atoms with E-state index in [0.717, 1.165) is 5.56 Å². The van der Waals surface area contributed by atoms with E-state index < -0.39 is 35.8 Å². The normalized spacial score (nSPS) is 22.2. The van der Waals surface area contributed by atoms with Crippen LogP contribution in [-0.4, -0.2) is 63.4 Å². The maximum atomic E-state index is 13.1. The van der Waals surface area contributed by atoms with Crippen LogP contribution in [0.5, 0.6) is 5.75 Å². The first-order valence-corrected chi connectivity index (χ1v) is 12.9. The Kier molecular flexibility index (Phi) is 10.2. The monoisotopic (exact) mass is 527 g/mol. The molecule has 0 unspecified atom stereocenters. The molecule has 38 heavy (non-hydrogen) atoms. The molecular formula is C26H37N7O5. The van der Waals surface area contributed by atoms with Crippen LogP contribution < -0.4 is 26.0 Å². The highest BCUT2D eigenvalue weighted by Gasteiger charge is 2.30. The molecule has 0 saturated carbocycles. The molecule has 4 rings (SSSR count). The molecule has 4 bridgehead atoms. The largest absolute Gasteiger partial charge is 0.492 e. The third-order valence-corrected chi connectivity index (χ3v) is 6.13. The van der Waals surface area contributed by atoms with Crippen LogP contribution in [0.3, 0.4) is 0 Å². The van der Waals surface area contributed by atoms with Gasteiger partial charge in [0.1, 0.15) is 36.2 Å². The number of rotatable bonds is 3. The van der Waals surface area contributed by atoms with Gasteiger partial charge < -0.3 is 26.0 Å². The average Bonchev–Trinajstić information content (AvgIpc) is 3.33. The molecular weight excluding hydrogens is 490 g/mol. The summed E-state index contributed by atoms with van der Waals surface area (Å²) < 4.78 is 7.37. The zero-order valence-corrected chi connectivity index (χ0v) is 22.3. The van der Waals surface area contributed by atoms with E-state index in [0.29, 0.717) is 37.4 Å². The molecule has 12 nitrogen and oxygen atoms in total. The molecule has 0 radical (unpaired) electrons. The van der Waals surface area contributed by atoms with Gasteiger partial charge >= 0.3 is 0 Å². The molecule has 0 fully saturated rings. The summed E-state index contributed by atoms with van der Waals surface area (Å²) in [6.45, 7) is 8.02. The molecule has 0 spiro atoms. The maximum absolute atomic E-state index is 13.1. The molecule has 0 aliphatic carbocycles. The number of carbonyl (C=O) groups excluding carboxylic acids is 4. The van der Waals surface area contributed by atoms with Crippen molar-refractivity contribution in [2.75, 3.05) is 6.61 Å². The van der Waals surface area contributed by atoms with Crippen molar-refractivity contribution in [3.8, 4) is 5.75 Å². The number of nitrogens with one attached hydrogen (secondary N) is 4. The third kappa shape index (κ3) is 8.29. The average molecular weight is 528 g/mol. The van der Waals surface area contributed by atoms with Crippen molar-refractivity contribution >= 4 is 23.6 Å². The van der Waals surface area contributed by atoms with E-state index in [2.05, 4.69) is 31.6 Å². The molecule has 1 aromatic heterocycles. The van der Waals surface area contributed by atoms with Gasteiger partial charge in [-0.2, -0.15) is 0 Å². The minimum atomic E-state index is -0.886. The lowest BCUT2D eigenvalue weighted by Crippen LogP contribution is -2.57. The second-order valence-electron chi connectivity index (χ2n) is 9.73. The molecule has 2 aromatic rings. The van der Waals surface area contributed by atoms with E-state index >= 15 is 0 Å². The lowest BCUT2D eigenvalue weighted by Gasteiger charge is -2.26. The lowest BCUT2D eigenvalue weighted by atomic mass is 10.0. The number of ether oxygens (including phenoxy) is 1. The summed E-state index contributed by atoms with van der Waals surface area (Å²) in [5.41, 5.74) is 1.33. The van der Waals surface area contributed by atoms with Gasteiger partial charge in [-0.3, -0.25) is 19.2 Å². The van der Waals surface area contributed by atoms with Gasteiger partial charge in [0.15, 0.2) is 0 Å². The van der Waals surface area contributed by atoms with E-state index in [1.807, 2.05) is 6.92 Å². The summed E-state index contributed by atoms with van der Waals surface area (Å²) in [6.07, 6.45) is 2.88. The van der Waals surface area contributed by atoms with Gasteiger partial charge in [0.2, 0.25) is 23.6 Å². The molecule has 1 aromatic carbocycles. The highest BCUT2D eigenvalue weighted by atomic mass is 16.5. The number of hydrogen-bond acceptors (Lipinski definition) is 7. The first-order valence-electron chi connectivity index (χ1n) is 12.9. The van der Waals surface area contributed by atoms with E-state index in [1.165, 1.54) is 0 Å². The Labute approximate surface area is 222 Å². The first-order chi connectivity index (χ1) is 18.2. The fourth-order valence-corrected chi connectivity index (χ4v) is 3.97. The second kappa shape index (κ2) is 13.5. The summed E-state index contributed by atoms with van der Waals surface area (Å²) in [5, 5.41) is 19.1. The van der Waals surface area contributed by atoms with Gasteiger partial charge in [0, 0.05) is 0 Å². The summed E-state index contributed by atoms with van der Waals surface area (Å²) in [7, 11) is 0. The molecule has 2 aliphatic rings. The van der Waals surface area contributed by atoms with E-state index in [-0.39, 0.29) is 24.8 Å². The van der Waals surface area contributed by atoms with Gasteiger partial charge in [-0.05, 0) is 37.0 Å². The number of hydrogen-bond donors (Lipinski definition) is 4. The number of fused-ring (bicyclic) bond motifs is 16. The summed E-state index contributed by atoms with van der Waals surface area (Å²) in [6, 6.07) is 4.64.